The van der Waals surface area contributed by atoms with Gasteiger partial charge in [-0.1, -0.05) is 55.8 Å². The summed E-state index contributed by atoms with van der Waals surface area (Å²) in [5.74, 6) is -0.626. The predicted molar refractivity (Wildman–Crippen MR) is 130 cm³/mol. The van der Waals surface area contributed by atoms with Gasteiger partial charge in [-0.15, -0.1) is 11.8 Å². The van der Waals surface area contributed by atoms with E-state index in [2.05, 4.69) is 19.9 Å². The highest BCUT2D eigenvalue weighted by molar-refractivity contribution is 8.02. The van der Waals surface area contributed by atoms with E-state index >= 15 is 0 Å². The molecule has 2 aliphatic rings. The standard InChI is InChI=1S/C26H35NO5S/c1-19(2)8-9-20-12-15-26(16-13-20)27(25(31)22(33-26)10-11-23(28)29)17-14-24(30)32-18-21-6-4-3-5-7-21/h3-7,9,19,22H,8,10-18H2,1-2H3,(H,28,29). The van der Waals surface area contributed by atoms with Crippen LogP contribution in [0, 0.1) is 5.92 Å². The Hall–Kier alpha value is -2.28. The average molecular weight is 474 g/mol. The van der Waals surface area contributed by atoms with Crippen LogP contribution in [-0.4, -0.2) is 44.5 Å². The van der Waals surface area contributed by atoms with Gasteiger partial charge in [0.1, 0.15) is 6.61 Å². The number of esters is 1. The molecular formula is C26H35NO5S. The van der Waals surface area contributed by atoms with E-state index in [0.29, 0.717) is 18.9 Å². The number of thioether (sulfide) groups is 1. The molecule has 6 nitrogen and oxygen atoms in total. The van der Waals surface area contributed by atoms with Crippen LogP contribution in [0.1, 0.15) is 70.8 Å². The molecule has 33 heavy (non-hydrogen) atoms. The molecular weight excluding hydrogens is 438 g/mol. The number of rotatable bonds is 10. The molecule has 0 aromatic heterocycles. The Kier molecular flexibility index (Phi) is 9.01. The zero-order chi connectivity index (χ0) is 23.8. The topological polar surface area (TPSA) is 83.9 Å². The van der Waals surface area contributed by atoms with Crippen LogP contribution in [0.5, 0.6) is 0 Å². The molecule has 2 fully saturated rings. The number of hydrogen-bond donors (Lipinski definition) is 1. The quantitative estimate of drug-likeness (QED) is 0.373. The second-order valence-corrected chi connectivity index (χ2v) is 10.9. The third-order valence-corrected chi connectivity index (χ3v) is 8.14. The summed E-state index contributed by atoms with van der Waals surface area (Å²) < 4.78 is 5.41. The summed E-state index contributed by atoms with van der Waals surface area (Å²) in [6, 6.07) is 9.52. The van der Waals surface area contributed by atoms with Gasteiger partial charge < -0.3 is 14.7 Å². The summed E-state index contributed by atoms with van der Waals surface area (Å²) >= 11 is 1.61. The van der Waals surface area contributed by atoms with Crippen molar-refractivity contribution in [3.05, 3.63) is 47.5 Å². The largest absolute Gasteiger partial charge is 0.481 e. The Bertz CT molecular complexity index is 857. The van der Waals surface area contributed by atoms with Gasteiger partial charge in [-0.3, -0.25) is 14.4 Å². The zero-order valence-corrected chi connectivity index (χ0v) is 20.4. The molecule has 1 unspecified atom stereocenters. The lowest BCUT2D eigenvalue weighted by molar-refractivity contribution is -0.146. The Balaban J connectivity index is 1.62. The van der Waals surface area contributed by atoms with Gasteiger partial charge in [-0.2, -0.15) is 0 Å². The minimum Gasteiger partial charge on any atom is -0.481 e. The fourth-order valence-electron chi connectivity index (χ4n) is 4.47. The van der Waals surface area contributed by atoms with E-state index in [9.17, 15) is 14.4 Å². The van der Waals surface area contributed by atoms with Gasteiger partial charge in [-0.05, 0) is 50.0 Å². The Morgan fingerprint density at radius 3 is 2.55 bits per heavy atom. The van der Waals surface area contributed by atoms with E-state index in [-0.39, 0.29) is 41.4 Å². The van der Waals surface area contributed by atoms with E-state index < -0.39 is 5.97 Å². The first-order valence-corrected chi connectivity index (χ1v) is 12.8. The molecule has 1 aliphatic heterocycles. The minimum atomic E-state index is -0.886. The van der Waals surface area contributed by atoms with Crippen LogP contribution in [0.2, 0.25) is 0 Å². The molecule has 0 bridgehead atoms. The van der Waals surface area contributed by atoms with Crippen LogP contribution >= 0.6 is 11.8 Å². The van der Waals surface area contributed by atoms with Crippen LogP contribution in [0.3, 0.4) is 0 Å². The maximum Gasteiger partial charge on any atom is 0.307 e. The number of amides is 1. The number of aliphatic carboxylic acids is 1. The first-order valence-electron chi connectivity index (χ1n) is 11.9. The van der Waals surface area contributed by atoms with Crippen LogP contribution in [0.15, 0.2) is 42.0 Å². The summed E-state index contributed by atoms with van der Waals surface area (Å²) in [4.78, 5) is 38.2. The van der Waals surface area contributed by atoms with Gasteiger partial charge in [0.2, 0.25) is 5.91 Å². The Morgan fingerprint density at radius 2 is 1.91 bits per heavy atom. The van der Waals surface area contributed by atoms with E-state index in [1.54, 1.807) is 11.8 Å². The first kappa shape index (κ1) is 25.3. The summed E-state index contributed by atoms with van der Waals surface area (Å²) in [7, 11) is 0. The number of carbonyl (C=O) groups excluding carboxylic acids is 2. The highest BCUT2D eigenvalue weighted by Crippen LogP contribution is 2.52. The molecule has 1 saturated carbocycles. The molecule has 1 atom stereocenters. The lowest BCUT2D eigenvalue weighted by atomic mass is 9.87. The molecule has 1 aromatic carbocycles. The molecule has 180 valence electrons. The molecule has 1 N–H and O–H groups in total. The molecule has 1 aliphatic carbocycles. The molecule has 1 heterocycles. The van der Waals surface area contributed by atoms with Crippen molar-refractivity contribution in [2.24, 2.45) is 5.92 Å². The molecule has 0 radical (unpaired) electrons. The summed E-state index contributed by atoms with van der Waals surface area (Å²) in [6.45, 7) is 4.95. The molecule has 1 amide bonds. The van der Waals surface area contributed by atoms with Gasteiger partial charge in [-0.25, -0.2) is 0 Å². The van der Waals surface area contributed by atoms with Crippen molar-refractivity contribution in [3.63, 3.8) is 0 Å². The smallest absolute Gasteiger partial charge is 0.307 e. The van der Waals surface area contributed by atoms with E-state index in [1.807, 2.05) is 35.2 Å². The Morgan fingerprint density at radius 1 is 1.21 bits per heavy atom. The number of ether oxygens (including phenoxy) is 1. The summed E-state index contributed by atoms with van der Waals surface area (Å²) in [5.41, 5.74) is 2.37. The van der Waals surface area contributed by atoms with Crippen molar-refractivity contribution in [2.45, 2.75) is 81.9 Å². The third kappa shape index (κ3) is 7.10. The zero-order valence-electron chi connectivity index (χ0n) is 19.6. The summed E-state index contributed by atoms with van der Waals surface area (Å²) in [5, 5.41) is 8.73. The highest BCUT2D eigenvalue weighted by atomic mass is 32.2. The second kappa shape index (κ2) is 11.7. The van der Waals surface area contributed by atoms with Crippen molar-refractivity contribution in [1.82, 2.24) is 4.90 Å². The third-order valence-electron chi connectivity index (χ3n) is 6.35. The fraction of sp³-hybridized carbons (Fsp3) is 0.577. The molecule has 1 saturated heterocycles. The van der Waals surface area contributed by atoms with Gasteiger partial charge >= 0.3 is 11.9 Å². The number of hydrogen-bond acceptors (Lipinski definition) is 5. The predicted octanol–water partition coefficient (Wildman–Crippen LogP) is 5.17. The van der Waals surface area contributed by atoms with Crippen LogP contribution < -0.4 is 0 Å². The number of carbonyl (C=O) groups is 3. The lowest BCUT2D eigenvalue weighted by Crippen LogP contribution is -2.47. The molecule has 1 spiro atoms. The van der Waals surface area contributed by atoms with Gasteiger partial charge in [0.05, 0.1) is 16.5 Å². The van der Waals surface area contributed by atoms with Gasteiger partial charge in [0, 0.05) is 13.0 Å². The van der Waals surface area contributed by atoms with Gasteiger partial charge in [0.15, 0.2) is 0 Å². The SMILES string of the molecule is CC(C)CC=C1CCC2(CC1)SC(CCC(=O)O)C(=O)N2CCC(=O)OCc1ccccc1. The number of nitrogens with zero attached hydrogens (tertiary/aromatic N) is 1. The maximum atomic E-state index is 13.2. The average Bonchev–Trinajstić information content (AvgIpc) is 3.05. The summed E-state index contributed by atoms with van der Waals surface area (Å²) in [6.07, 6.45) is 7.41. The number of carboxylic acid groups (broad SMARTS) is 1. The van der Waals surface area contributed by atoms with Crippen molar-refractivity contribution in [1.29, 1.82) is 0 Å². The van der Waals surface area contributed by atoms with Crippen LogP contribution in [-0.2, 0) is 25.7 Å². The van der Waals surface area contributed by atoms with Crippen molar-refractivity contribution >= 4 is 29.6 Å². The number of benzene rings is 1. The Labute approximate surface area is 200 Å². The van der Waals surface area contributed by atoms with E-state index in [4.69, 9.17) is 9.84 Å². The monoisotopic (exact) mass is 473 g/mol. The number of allylic oxidation sites excluding steroid dienone is 2. The van der Waals surface area contributed by atoms with Crippen LogP contribution in [0.4, 0.5) is 0 Å². The van der Waals surface area contributed by atoms with E-state index in [0.717, 1.165) is 37.7 Å². The van der Waals surface area contributed by atoms with Crippen molar-refractivity contribution in [2.75, 3.05) is 6.54 Å². The first-order chi connectivity index (χ1) is 15.8. The second-order valence-electron chi connectivity index (χ2n) is 9.36. The molecule has 1 aromatic rings. The van der Waals surface area contributed by atoms with Crippen LogP contribution in [0.25, 0.3) is 0 Å². The fourth-order valence-corrected chi connectivity index (χ4v) is 6.22. The minimum absolute atomic E-state index is 0.0218. The normalized spacial score (nSPS) is 22.8. The number of carboxylic acids is 1. The van der Waals surface area contributed by atoms with Crippen molar-refractivity contribution < 1.29 is 24.2 Å². The molecule has 3 rings (SSSR count). The van der Waals surface area contributed by atoms with E-state index in [1.165, 1.54) is 5.57 Å². The van der Waals surface area contributed by atoms with Crippen molar-refractivity contribution in [3.8, 4) is 0 Å². The lowest BCUT2D eigenvalue weighted by Gasteiger charge is -2.41. The van der Waals surface area contributed by atoms with Gasteiger partial charge in [0.25, 0.3) is 0 Å². The highest BCUT2D eigenvalue weighted by Gasteiger charge is 2.51. The molecule has 7 heteroatoms. The maximum absolute atomic E-state index is 13.2.